The molecule has 0 fully saturated rings. The van der Waals surface area contributed by atoms with Crippen molar-refractivity contribution in [2.45, 2.75) is 6.54 Å². The molecule has 1 rings (SSSR count). The summed E-state index contributed by atoms with van der Waals surface area (Å²) in [6.07, 6.45) is 0. The maximum absolute atomic E-state index is 4.02. The first-order valence-corrected chi connectivity index (χ1v) is 5.50. The Morgan fingerprint density at radius 1 is 1.57 bits per heavy atom. The van der Waals surface area contributed by atoms with Gasteiger partial charge in [-0.3, -0.25) is 4.99 Å². The zero-order chi connectivity index (χ0) is 9.68. The fraction of sp³-hybridized carbons (Fsp3) is 0.375. The summed E-state index contributed by atoms with van der Waals surface area (Å²) in [6, 6.07) is 4.13. The van der Waals surface area contributed by atoms with Crippen LogP contribution in [0.1, 0.15) is 4.88 Å². The summed E-state index contributed by atoms with van der Waals surface area (Å²) in [5, 5.41) is 6.14. The van der Waals surface area contributed by atoms with Gasteiger partial charge in [-0.15, -0.1) is 28.3 Å². The maximum atomic E-state index is 4.02. The normalized spacial score (nSPS) is 10.6. The van der Waals surface area contributed by atoms with Crippen LogP contribution in [-0.2, 0) is 6.54 Å². The Bertz CT molecular complexity index is 299. The van der Waals surface area contributed by atoms with Gasteiger partial charge < -0.3 is 10.6 Å². The van der Waals surface area contributed by atoms with Gasteiger partial charge in [0.1, 0.15) is 0 Å². The minimum Gasteiger partial charge on any atom is -0.359 e. The Labute approximate surface area is 107 Å². The van der Waals surface area contributed by atoms with Crippen molar-refractivity contribution < 1.29 is 0 Å². The van der Waals surface area contributed by atoms with Crippen LogP contribution in [0.25, 0.3) is 0 Å². The second-order valence-corrected chi connectivity index (χ2v) is 4.93. The molecule has 0 atom stereocenters. The van der Waals surface area contributed by atoms with Crippen LogP contribution in [0.4, 0.5) is 0 Å². The number of hydrogen-bond donors (Lipinski definition) is 2. The van der Waals surface area contributed by atoms with Crippen molar-refractivity contribution in [1.29, 1.82) is 0 Å². The van der Waals surface area contributed by atoms with E-state index in [-0.39, 0.29) is 17.0 Å². The molecule has 6 heteroatoms. The molecule has 0 aliphatic heterocycles. The number of nitrogens with zero attached hydrogens (tertiary/aromatic N) is 1. The van der Waals surface area contributed by atoms with Gasteiger partial charge in [-0.2, -0.15) is 0 Å². The number of nitrogens with one attached hydrogen (secondary N) is 2. The van der Waals surface area contributed by atoms with E-state index in [1.165, 1.54) is 4.88 Å². The average Bonchev–Trinajstić information content (AvgIpc) is 2.53. The molecule has 0 spiro atoms. The van der Waals surface area contributed by atoms with Crippen LogP contribution >= 0.6 is 44.2 Å². The molecule has 80 valence electrons. The Hall–Kier alpha value is -0.0700. The number of thiophene rings is 1. The van der Waals surface area contributed by atoms with Gasteiger partial charge in [0, 0.05) is 19.0 Å². The molecule has 1 heterocycles. The van der Waals surface area contributed by atoms with Gasteiger partial charge in [0.15, 0.2) is 5.96 Å². The van der Waals surface area contributed by atoms with E-state index >= 15 is 0 Å². The van der Waals surface area contributed by atoms with Crippen LogP contribution in [0.2, 0.25) is 0 Å². The Kier molecular flexibility index (Phi) is 7.22. The third-order valence-corrected chi connectivity index (χ3v) is 3.14. The number of halogens is 2. The highest BCUT2D eigenvalue weighted by atomic mass is 79.9. The molecule has 0 aliphatic rings. The molecule has 1 aromatic rings. The van der Waals surface area contributed by atoms with Crippen molar-refractivity contribution in [2.75, 3.05) is 14.1 Å². The van der Waals surface area contributed by atoms with Crippen LogP contribution in [0.15, 0.2) is 20.9 Å². The summed E-state index contributed by atoms with van der Waals surface area (Å²) in [6.45, 7) is 0.809. The van der Waals surface area contributed by atoms with Crippen LogP contribution in [0, 0.1) is 0 Å². The van der Waals surface area contributed by atoms with E-state index in [4.69, 9.17) is 0 Å². The van der Waals surface area contributed by atoms with E-state index < -0.39 is 0 Å². The Morgan fingerprint density at radius 2 is 2.29 bits per heavy atom. The number of guanidine groups is 1. The minimum atomic E-state index is 0. The summed E-state index contributed by atoms with van der Waals surface area (Å²) >= 11 is 5.14. The van der Waals surface area contributed by atoms with E-state index in [9.17, 15) is 0 Å². The third kappa shape index (κ3) is 4.43. The fourth-order valence-corrected chi connectivity index (χ4v) is 2.32. The fourth-order valence-electron chi connectivity index (χ4n) is 0.897. The molecule has 0 amide bonds. The van der Waals surface area contributed by atoms with Gasteiger partial charge in [-0.05, 0) is 28.1 Å². The molecular formula is C8H13Br2N3S. The highest BCUT2D eigenvalue weighted by molar-refractivity contribution is 9.11. The molecule has 0 saturated carbocycles. The van der Waals surface area contributed by atoms with Crippen molar-refractivity contribution in [1.82, 2.24) is 10.6 Å². The van der Waals surface area contributed by atoms with Gasteiger partial charge >= 0.3 is 0 Å². The van der Waals surface area contributed by atoms with Gasteiger partial charge in [-0.1, -0.05) is 0 Å². The smallest absolute Gasteiger partial charge is 0.191 e. The molecule has 1 aromatic heterocycles. The highest BCUT2D eigenvalue weighted by Crippen LogP contribution is 2.21. The predicted molar refractivity (Wildman–Crippen MR) is 71.6 cm³/mol. The first-order valence-electron chi connectivity index (χ1n) is 3.89. The van der Waals surface area contributed by atoms with Crippen LogP contribution in [-0.4, -0.2) is 20.1 Å². The van der Waals surface area contributed by atoms with Crippen LogP contribution < -0.4 is 10.6 Å². The lowest BCUT2D eigenvalue weighted by Crippen LogP contribution is -2.33. The first kappa shape index (κ1) is 13.9. The Morgan fingerprint density at radius 3 is 2.71 bits per heavy atom. The van der Waals surface area contributed by atoms with Crippen molar-refractivity contribution in [3.8, 4) is 0 Å². The Balaban J connectivity index is 0.00000169. The van der Waals surface area contributed by atoms with E-state index in [0.717, 1.165) is 16.3 Å². The van der Waals surface area contributed by atoms with Crippen LogP contribution in [0.5, 0.6) is 0 Å². The average molecular weight is 343 g/mol. The topological polar surface area (TPSA) is 36.4 Å². The third-order valence-electron chi connectivity index (χ3n) is 1.52. The maximum Gasteiger partial charge on any atom is 0.191 e. The molecule has 0 aromatic carbocycles. The van der Waals surface area contributed by atoms with E-state index in [2.05, 4.69) is 37.6 Å². The molecule has 0 aliphatic carbocycles. The predicted octanol–water partition coefficient (Wildman–Crippen LogP) is 2.38. The van der Waals surface area contributed by atoms with Gasteiger partial charge in [0.05, 0.1) is 10.3 Å². The number of hydrogen-bond acceptors (Lipinski definition) is 2. The number of rotatable bonds is 2. The van der Waals surface area contributed by atoms with E-state index in [1.54, 1.807) is 18.4 Å². The summed E-state index contributed by atoms with van der Waals surface area (Å²) in [5.41, 5.74) is 0. The summed E-state index contributed by atoms with van der Waals surface area (Å²) in [7, 11) is 3.60. The highest BCUT2D eigenvalue weighted by Gasteiger charge is 1.98. The molecule has 2 N–H and O–H groups in total. The summed E-state index contributed by atoms with van der Waals surface area (Å²) < 4.78 is 1.16. The lowest BCUT2D eigenvalue weighted by Gasteiger charge is -2.06. The SMILES string of the molecule is Br.CN=C(NC)NCc1ccc(Br)s1. The molecule has 0 saturated heterocycles. The molecule has 14 heavy (non-hydrogen) atoms. The molecular weight excluding hydrogens is 330 g/mol. The first-order chi connectivity index (χ1) is 6.26. The van der Waals surface area contributed by atoms with Gasteiger partial charge in [0.25, 0.3) is 0 Å². The minimum absolute atomic E-state index is 0. The van der Waals surface area contributed by atoms with Gasteiger partial charge in [-0.25, -0.2) is 0 Å². The zero-order valence-electron chi connectivity index (χ0n) is 8.00. The lowest BCUT2D eigenvalue weighted by atomic mass is 10.5. The molecule has 0 radical (unpaired) electrons. The van der Waals surface area contributed by atoms with E-state index in [1.807, 2.05) is 13.1 Å². The molecule has 0 bridgehead atoms. The number of aliphatic imine (C=N–C) groups is 1. The lowest BCUT2D eigenvalue weighted by molar-refractivity contribution is 0.879. The zero-order valence-corrected chi connectivity index (χ0v) is 12.1. The van der Waals surface area contributed by atoms with Crippen molar-refractivity contribution in [2.24, 2.45) is 4.99 Å². The molecule has 3 nitrogen and oxygen atoms in total. The monoisotopic (exact) mass is 341 g/mol. The summed E-state index contributed by atoms with van der Waals surface area (Å²) in [4.78, 5) is 5.30. The quantitative estimate of drug-likeness (QED) is 0.639. The van der Waals surface area contributed by atoms with Crippen LogP contribution in [0.3, 0.4) is 0 Å². The van der Waals surface area contributed by atoms with Crippen molar-refractivity contribution >= 4 is 50.2 Å². The van der Waals surface area contributed by atoms with Crippen molar-refractivity contribution in [3.63, 3.8) is 0 Å². The second-order valence-electron chi connectivity index (χ2n) is 2.38. The van der Waals surface area contributed by atoms with E-state index in [0.29, 0.717) is 0 Å². The van der Waals surface area contributed by atoms with Crippen molar-refractivity contribution in [3.05, 3.63) is 20.8 Å². The largest absolute Gasteiger partial charge is 0.359 e. The molecule has 0 unspecified atom stereocenters. The second kappa shape index (κ2) is 7.25. The standard InChI is InChI=1S/C8H12BrN3S.BrH/c1-10-8(11-2)12-5-6-3-4-7(9)13-6;/h3-4H,5H2,1-2H3,(H2,10,11,12);1H. The summed E-state index contributed by atoms with van der Waals surface area (Å²) in [5.74, 6) is 0.810. The van der Waals surface area contributed by atoms with Gasteiger partial charge in [0.2, 0.25) is 0 Å².